The Labute approximate surface area is 157 Å². The van der Waals surface area contributed by atoms with Crippen LogP contribution in [0.5, 0.6) is 0 Å². The van der Waals surface area contributed by atoms with Gasteiger partial charge in [-0.3, -0.25) is 14.2 Å². The van der Waals surface area contributed by atoms with Crippen molar-refractivity contribution in [2.45, 2.75) is 6.42 Å². The summed E-state index contributed by atoms with van der Waals surface area (Å²) in [5, 5.41) is 2.79. The molecule has 3 aromatic rings. The number of carbonyl (C=O) groups is 2. The first-order valence-electron chi connectivity index (χ1n) is 8.98. The highest BCUT2D eigenvalue weighted by molar-refractivity contribution is 5.93. The van der Waals surface area contributed by atoms with E-state index in [1.165, 1.54) is 0 Å². The summed E-state index contributed by atoms with van der Waals surface area (Å²) in [5.41, 5.74) is 2.26. The number of nitrogens with one attached hydrogen (secondary N) is 1. The fourth-order valence-corrected chi connectivity index (χ4v) is 3.19. The third-order valence-corrected chi connectivity index (χ3v) is 4.59. The first kappa shape index (κ1) is 17.0. The van der Waals surface area contributed by atoms with E-state index in [2.05, 4.69) is 10.3 Å². The highest BCUT2D eigenvalue weighted by atomic mass is 16.2. The Morgan fingerprint density at radius 2 is 1.67 bits per heavy atom. The van der Waals surface area contributed by atoms with Gasteiger partial charge in [0.15, 0.2) is 0 Å². The van der Waals surface area contributed by atoms with Gasteiger partial charge in [-0.15, -0.1) is 0 Å². The molecule has 6 heteroatoms. The quantitative estimate of drug-likeness (QED) is 0.780. The number of para-hydroxylation sites is 1. The minimum absolute atomic E-state index is 0.0231. The first-order chi connectivity index (χ1) is 13.2. The third-order valence-electron chi connectivity index (χ3n) is 4.59. The molecular weight excluding hydrogens is 340 g/mol. The van der Waals surface area contributed by atoms with Crippen LogP contribution in [0, 0.1) is 0 Å². The average Bonchev–Trinajstić information content (AvgIpc) is 3.05. The second-order valence-electron chi connectivity index (χ2n) is 6.41. The molecule has 0 bridgehead atoms. The molecule has 1 aromatic heterocycles. The van der Waals surface area contributed by atoms with Gasteiger partial charge in [0.05, 0.1) is 0 Å². The van der Waals surface area contributed by atoms with Crippen LogP contribution in [0.3, 0.4) is 0 Å². The molecule has 6 nitrogen and oxygen atoms in total. The van der Waals surface area contributed by atoms with E-state index in [9.17, 15) is 9.59 Å². The molecule has 0 atom stereocenters. The van der Waals surface area contributed by atoms with Crippen LogP contribution in [0.4, 0.5) is 0 Å². The van der Waals surface area contributed by atoms with Gasteiger partial charge in [-0.05, 0) is 12.1 Å². The van der Waals surface area contributed by atoms with Crippen molar-refractivity contribution in [2.24, 2.45) is 0 Å². The summed E-state index contributed by atoms with van der Waals surface area (Å²) in [6, 6.07) is 19.6. The van der Waals surface area contributed by atoms with Crippen LogP contribution < -0.4 is 5.32 Å². The average molecular weight is 360 g/mol. The van der Waals surface area contributed by atoms with Crippen molar-refractivity contribution >= 4 is 11.8 Å². The van der Waals surface area contributed by atoms with Gasteiger partial charge >= 0.3 is 0 Å². The molecule has 136 valence electrons. The molecule has 2 aromatic carbocycles. The topological polar surface area (TPSA) is 67.2 Å². The summed E-state index contributed by atoms with van der Waals surface area (Å²) in [6.07, 6.45) is 2.09. The van der Waals surface area contributed by atoms with E-state index in [1.54, 1.807) is 11.1 Å². The Balaban J connectivity index is 1.73. The molecule has 1 fully saturated rings. The zero-order valence-corrected chi connectivity index (χ0v) is 14.8. The monoisotopic (exact) mass is 360 g/mol. The Morgan fingerprint density at radius 1 is 0.963 bits per heavy atom. The molecule has 4 rings (SSSR count). The fourth-order valence-electron chi connectivity index (χ4n) is 3.19. The summed E-state index contributed by atoms with van der Waals surface area (Å²) in [4.78, 5) is 30.9. The maximum atomic E-state index is 13.0. The van der Waals surface area contributed by atoms with Crippen LogP contribution >= 0.6 is 0 Å². The largest absolute Gasteiger partial charge is 0.354 e. The molecule has 1 aliphatic rings. The standard InChI is InChI=1S/C21H20N4O2/c26-19-11-13-24(14-12-22-19)21(27)18-15-25(17-9-5-2-6-10-17)20(23-18)16-7-3-1-4-8-16/h1-10,15H,11-14H2,(H,22,26). The van der Waals surface area contributed by atoms with E-state index in [1.807, 2.05) is 65.2 Å². The molecule has 0 saturated carbocycles. The summed E-state index contributed by atoms with van der Waals surface area (Å²) in [6.45, 7) is 1.36. The van der Waals surface area contributed by atoms with Gasteiger partial charge in [0, 0.05) is 43.5 Å². The smallest absolute Gasteiger partial charge is 0.274 e. The van der Waals surface area contributed by atoms with Crippen LogP contribution in [0.25, 0.3) is 17.1 Å². The van der Waals surface area contributed by atoms with E-state index in [4.69, 9.17) is 0 Å². The molecule has 2 heterocycles. The Bertz CT molecular complexity index is 894. The predicted octanol–water partition coefficient (Wildman–Crippen LogP) is 2.50. The second kappa shape index (κ2) is 7.45. The van der Waals surface area contributed by atoms with Crippen molar-refractivity contribution in [3.8, 4) is 17.1 Å². The molecule has 2 amide bonds. The van der Waals surface area contributed by atoms with E-state index in [-0.39, 0.29) is 11.8 Å². The van der Waals surface area contributed by atoms with Crippen molar-refractivity contribution in [1.82, 2.24) is 19.8 Å². The fraction of sp³-hybridized carbons (Fsp3) is 0.190. The number of amides is 2. The van der Waals surface area contributed by atoms with E-state index < -0.39 is 0 Å². The number of nitrogens with zero attached hydrogens (tertiary/aromatic N) is 3. The van der Waals surface area contributed by atoms with Crippen LogP contribution in [0.2, 0.25) is 0 Å². The molecule has 27 heavy (non-hydrogen) atoms. The van der Waals surface area contributed by atoms with E-state index in [0.717, 1.165) is 11.3 Å². The Hall–Kier alpha value is -3.41. The van der Waals surface area contributed by atoms with Crippen molar-refractivity contribution < 1.29 is 9.59 Å². The van der Waals surface area contributed by atoms with Crippen molar-refractivity contribution in [3.63, 3.8) is 0 Å². The highest BCUT2D eigenvalue weighted by Gasteiger charge is 2.23. The van der Waals surface area contributed by atoms with Gasteiger partial charge in [0.25, 0.3) is 5.91 Å². The number of rotatable bonds is 3. The van der Waals surface area contributed by atoms with Gasteiger partial charge in [0.1, 0.15) is 11.5 Å². The van der Waals surface area contributed by atoms with Crippen molar-refractivity contribution in [2.75, 3.05) is 19.6 Å². The lowest BCUT2D eigenvalue weighted by molar-refractivity contribution is -0.120. The van der Waals surface area contributed by atoms with E-state index >= 15 is 0 Å². The lowest BCUT2D eigenvalue weighted by Gasteiger charge is -2.17. The third kappa shape index (κ3) is 3.60. The predicted molar refractivity (Wildman–Crippen MR) is 103 cm³/mol. The number of hydrogen-bond acceptors (Lipinski definition) is 3. The van der Waals surface area contributed by atoms with Crippen molar-refractivity contribution in [1.29, 1.82) is 0 Å². The molecule has 1 N–H and O–H groups in total. The van der Waals surface area contributed by atoms with Gasteiger partial charge in [-0.1, -0.05) is 48.5 Å². The molecule has 1 aliphatic heterocycles. The summed E-state index contributed by atoms with van der Waals surface area (Å²) in [5.74, 6) is 0.539. The maximum absolute atomic E-state index is 13.0. The number of hydrogen-bond donors (Lipinski definition) is 1. The molecule has 0 spiro atoms. The Morgan fingerprint density at radius 3 is 2.41 bits per heavy atom. The summed E-state index contributed by atoms with van der Waals surface area (Å²) in [7, 11) is 0. The van der Waals surface area contributed by atoms with Gasteiger partial charge in [-0.25, -0.2) is 4.98 Å². The second-order valence-corrected chi connectivity index (χ2v) is 6.41. The summed E-state index contributed by atoms with van der Waals surface area (Å²) >= 11 is 0. The molecule has 0 radical (unpaired) electrons. The minimum atomic E-state index is -0.154. The van der Waals surface area contributed by atoms with Gasteiger partial charge in [-0.2, -0.15) is 0 Å². The molecule has 0 aliphatic carbocycles. The van der Waals surface area contributed by atoms with E-state index in [0.29, 0.717) is 37.6 Å². The van der Waals surface area contributed by atoms with Crippen molar-refractivity contribution in [3.05, 3.63) is 72.6 Å². The molecular formula is C21H20N4O2. The lowest BCUT2D eigenvalue weighted by atomic mass is 10.2. The Kier molecular flexibility index (Phi) is 4.70. The van der Waals surface area contributed by atoms with Crippen LogP contribution in [0.1, 0.15) is 16.9 Å². The van der Waals surface area contributed by atoms with Crippen LogP contribution in [-0.4, -0.2) is 45.9 Å². The van der Waals surface area contributed by atoms with Gasteiger partial charge < -0.3 is 10.2 Å². The number of imidazole rings is 1. The van der Waals surface area contributed by atoms with Crippen LogP contribution in [0.15, 0.2) is 66.9 Å². The molecule has 0 unspecified atom stereocenters. The molecule has 1 saturated heterocycles. The first-order valence-corrected chi connectivity index (χ1v) is 8.98. The lowest BCUT2D eigenvalue weighted by Crippen LogP contribution is -2.34. The number of benzene rings is 2. The highest BCUT2D eigenvalue weighted by Crippen LogP contribution is 2.23. The zero-order valence-electron chi connectivity index (χ0n) is 14.8. The maximum Gasteiger partial charge on any atom is 0.274 e. The summed E-state index contributed by atoms with van der Waals surface area (Å²) < 4.78 is 1.93. The SMILES string of the molecule is O=C1CCN(C(=O)c2cn(-c3ccccc3)c(-c3ccccc3)n2)CCN1. The van der Waals surface area contributed by atoms with Gasteiger partial charge in [0.2, 0.25) is 5.91 Å². The van der Waals surface area contributed by atoms with Crippen LogP contribution in [-0.2, 0) is 4.79 Å². The normalized spacial score (nSPS) is 14.5. The minimum Gasteiger partial charge on any atom is -0.354 e. The number of carbonyl (C=O) groups excluding carboxylic acids is 2. The zero-order chi connectivity index (χ0) is 18.6. The number of aromatic nitrogens is 2.